The second-order valence-corrected chi connectivity index (χ2v) is 17.8. The first kappa shape index (κ1) is 31.2. The van der Waals surface area contributed by atoms with Crippen LogP contribution in [0.1, 0.15) is 65.9 Å². The molecule has 2 unspecified atom stereocenters. The van der Waals surface area contributed by atoms with Crippen LogP contribution >= 0.6 is 11.3 Å². The Bertz CT molecular complexity index is 1710. The zero-order valence-electron chi connectivity index (χ0n) is 27.0. The van der Waals surface area contributed by atoms with Gasteiger partial charge in [-0.05, 0) is 89.7 Å². The van der Waals surface area contributed by atoms with Crippen LogP contribution in [0.25, 0.3) is 21.5 Å². The number of rotatable bonds is 9. The SMILES string of the molecule is Cc1cc(C)cc(-c2[nH]c3sc(C(C)(C)C(=O)C4C5CCN4CC5)cc3c2C(=O)CCN2CCN(C3CCS(=O)(=O)C3)CC2)c1. The normalized spacial score (nSPS) is 27.1. The summed E-state index contributed by atoms with van der Waals surface area (Å²) in [6, 6.07) is 8.70. The lowest BCUT2D eigenvalue weighted by Crippen LogP contribution is -2.51. The summed E-state index contributed by atoms with van der Waals surface area (Å²) in [6.07, 6.45) is 3.38. The number of aromatic amines is 1. The highest BCUT2D eigenvalue weighted by Gasteiger charge is 2.49. The minimum absolute atomic E-state index is 0.0194. The van der Waals surface area contributed by atoms with Crippen LogP contribution in [0.15, 0.2) is 24.3 Å². The fourth-order valence-corrected chi connectivity index (χ4v) is 11.3. The minimum atomic E-state index is -2.90. The number of benzene rings is 1. The Morgan fingerprint density at radius 3 is 2.22 bits per heavy atom. The molecule has 6 heterocycles. The number of carbonyl (C=O) groups is 2. The number of aryl methyl sites for hydroxylation is 2. The van der Waals surface area contributed by atoms with Crippen molar-refractivity contribution in [1.82, 2.24) is 19.7 Å². The highest BCUT2D eigenvalue weighted by molar-refractivity contribution is 7.91. The van der Waals surface area contributed by atoms with Gasteiger partial charge in [0.05, 0.1) is 34.2 Å². The molecule has 0 amide bonds. The number of nitrogens with zero attached hydrogens (tertiary/aromatic N) is 3. The first-order valence-electron chi connectivity index (χ1n) is 16.6. The molecule has 10 heteroatoms. The van der Waals surface area contributed by atoms with Crippen molar-refractivity contribution in [3.05, 3.63) is 45.8 Å². The number of hydrogen-bond acceptors (Lipinski definition) is 8. The highest BCUT2D eigenvalue weighted by atomic mass is 32.2. The Labute approximate surface area is 271 Å². The lowest BCUT2D eigenvalue weighted by molar-refractivity contribution is -0.127. The maximum absolute atomic E-state index is 14.2. The van der Waals surface area contributed by atoms with E-state index in [1.807, 2.05) is 0 Å². The van der Waals surface area contributed by atoms with Crippen LogP contribution in [-0.4, -0.2) is 109 Å². The van der Waals surface area contributed by atoms with Gasteiger partial charge in [-0.2, -0.15) is 0 Å². The number of sulfone groups is 1. The number of carbonyl (C=O) groups excluding carboxylic acids is 2. The van der Waals surface area contributed by atoms with Gasteiger partial charge in [-0.25, -0.2) is 8.42 Å². The summed E-state index contributed by atoms with van der Waals surface area (Å²) in [5.41, 5.74) is 4.31. The Hall–Kier alpha value is -2.37. The van der Waals surface area contributed by atoms with E-state index in [0.29, 0.717) is 30.4 Å². The van der Waals surface area contributed by atoms with Crippen molar-refractivity contribution in [3.63, 3.8) is 0 Å². The average molecular weight is 651 g/mol. The van der Waals surface area contributed by atoms with E-state index in [2.05, 4.69) is 71.6 Å². The Balaban J connectivity index is 1.13. The average Bonchev–Trinajstić information content (AvgIpc) is 3.81. The quantitative estimate of drug-likeness (QED) is 0.332. The van der Waals surface area contributed by atoms with Crippen molar-refractivity contribution in [1.29, 1.82) is 0 Å². The van der Waals surface area contributed by atoms with Crippen molar-refractivity contribution in [2.45, 2.75) is 70.9 Å². The molecular weight excluding hydrogens is 605 g/mol. The Morgan fingerprint density at radius 2 is 1.62 bits per heavy atom. The largest absolute Gasteiger partial charge is 0.346 e. The minimum Gasteiger partial charge on any atom is -0.346 e. The number of aromatic nitrogens is 1. The van der Waals surface area contributed by atoms with Gasteiger partial charge >= 0.3 is 0 Å². The molecular formula is C35H46N4O4S2. The topological polar surface area (TPSA) is 93.8 Å². The second-order valence-electron chi connectivity index (χ2n) is 14.5. The van der Waals surface area contributed by atoms with Gasteiger partial charge in [-0.3, -0.25) is 19.4 Å². The van der Waals surface area contributed by atoms with E-state index < -0.39 is 15.3 Å². The molecule has 2 aromatic heterocycles. The molecule has 4 fully saturated rings. The van der Waals surface area contributed by atoms with E-state index in [0.717, 1.165) is 102 Å². The molecule has 1 aromatic carbocycles. The number of piperazine rings is 1. The van der Waals surface area contributed by atoms with Crippen molar-refractivity contribution in [3.8, 4) is 11.3 Å². The Morgan fingerprint density at radius 1 is 0.933 bits per heavy atom. The van der Waals surface area contributed by atoms with Crippen LogP contribution in [0.4, 0.5) is 0 Å². The lowest BCUT2D eigenvalue weighted by Gasteiger charge is -2.37. The molecule has 1 N–H and O–H groups in total. The van der Waals surface area contributed by atoms with Crippen molar-refractivity contribution < 1.29 is 18.0 Å². The van der Waals surface area contributed by atoms with Crippen molar-refractivity contribution in [2.75, 3.05) is 57.3 Å². The van der Waals surface area contributed by atoms with E-state index in [1.165, 1.54) is 0 Å². The van der Waals surface area contributed by atoms with Crippen LogP contribution in [0, 0.1) is 19.8 Å². The van der Waals surface area contributed by atoms with Gasteiger partial charge in [-0.1, -0.05) is 17.2 Å². The molecule has 4 aliphatic heterocycles. The summed E-state index contributed by atoms with van der Waals surface area (Å²) in [6.45, 7) is 14.4. The molecule has 0 aliphatic carbocycles. The van der Waals surface area contributed by atoms with E-state index in [-0.39, 0.29) is 23.6 Å². The maximum atomic E-state index is 14.2. The number of thiophene rings is 1. The molecule has 8 nitrogen and oxygen atoms in total. The molecule has 45 heavy (non-hydrogen) atoms. The van der Waals surface area contributed by atoms with Gasteiger partial charge in [0.2, 0.25) is 0 Å². The number of H-pyrrole nitrogens is 1. The van der Waals surface area contributed by atoms with Crippen molar-refractivity contribution >= 4 is 43.0 Å². The molecule has 0 radical (unpaired) electrons. The summed E-state index contributed by atoms with van der Waals surface area (Å²) in [4.78, 5) is 40.8. The van der Waals surface area contributed by atoms with Gasteiger partial charge < -0.3 is 9.88 Å². The van der Waals surface area contributed by atoms with Crippen LogP contribution in [-0.2, 0) is 20.0 Å². The first-order chi connectivity index (χ1) is 21.4. The van der Waals surface area contributed by atoms with E-state index in [1.54, 1.807) is 11.3 Å². The van der Waals surface area contributed by atoms with E-state index >= 15 is 0 Å². The number of nitrogens with one attached hydrogen (secondary N) is 1. The van der Waals surface area contributed by atoms with E-state index in [4.69, 9.17) is 0 Å². The van der Waals surface area contributed by atoms with Gasteiger partial charge in [0, 0.05) is 55.4 Å². The van der Waals surface area contributed by atoms with Gasteiger partial charge in [0.15, 0.2) is 21.4 Å². The van der Waals surface area contributed by atoms with Gasteiger partial charge in [-0.15, -0.1) is 11.3 Å². The summed E-state index contributed by atoms with van der Waals surface area (Å²) in [5.74, 6) is 1.48. The maximum Gasteiger partial charge on any atom is 0.166 e. The smallest absolute Gasteiger partial charge is 0.166 e. The molecule has 242 valence electrons. The highest BCUT2D eigenvalue weighted by Crippen LogP contribution is 2.44. The number of fused-ring (bicyclic) bond motifs is 3. The number of hydrogen-bond donors (Lipinski definition) is 1. The predicted molar refractivity (Wildman–Crippen MR) is 181 cm³/mol. The molecule has 2 bridgehead atoms. The molecule has 0 spiro atoms. The second kappa shape index (κ2) is 11.7. The summed E-state index contributed by atoms with van der Waals surface area (Å²) in [5, 5.41) is 0.928. The number of piperidine rings is 1. The van der Waals surface area contributed by atoms with E-state index in [9.17, 15) is 18.0 Å². The third kappa shape index (κ3) is 5.86. The van der Waals surface area contributed by atoms with Crippen LogP contribution in [0.5, 0.6) is 0 Å². The molecule has 4 aliphatic rings. The lowest BCUT2D eigenvalue weighted by atomic mass is 9.79. The Kier molecular flexibility index (Phi) is 8.12. The summed E-state index contributed by atoms with van der Waals surface area (Å²) in [7, 11) is -2.90. The molecule has 0 saturated carbocycles. The first-order valence-corrected chi connectivity index (χ1v) is 19.3. The number of Topliss-reactive ketones (excluding diaryl/α,β-unsaturated/α-hetero) is 2. The van der Waals surface area contributed by atoms with Crippen LogP contribution < -0.4 is 0 Å². The molecule has 7 rings (SSSR count). The fourth-order valence-electron chi connectivity index (χ4n) is 8.40. The third-order valence-electron chi connectivity index (χ3n) is 11.0. The zero-order valence-corrected chi connectivity index (χ0v) is 28.7. The summed E-state index contributed by atoms with van der Waals surface area (Å²) < 4.78 is 24.0. The third-order valence-corrected chi connectivity index (χ3v) is 14.1. The predicted octanol–water partition coefficient (Wildman–Crippen LogP) is 4.83. The fraction of sp³-hybridized carbons (Fsp3) is 0.600. The van der Waals surface area contributed by atoms with Crippen molar-refractivity contribution in [2.24, 2.45) is 5.92 Å². The summed E-state index contributed by atoms with van der Waals surface area (Å²) >= 11 is 1.62. The standard InChI is InChI=1S/C35H46N4O4S2/c1-22-17-23(2)19-25(18-22)31-30(28(40)7-9-37-12-14-38(15-13-37)26-8-16-45(42,43)21-26)27-20-29(44-34(27)36-31)35(3,4)33(41)32-24-5-10-39(32)11-6-24/h17-20,24,26,32,36H,5-16,21H2,1-4H3. The molecule has 2 atom stereocenters. The monoisotopic (exact) mass is 650 g/mol. The van der Waals surface area contributed by atoms with Crippen LogP contribution in [0.3, 0.4) is 0 Å². The molecule has 3 aromatic rings. The number of ketones is 2. The van der Waals surface area contributed by atoms with Gasteiger partial charge in [0.1, 0.15) is 4.83 Å². The van der Waals surface area contributed by atoms with Gasteiger partial charge in [0.25, 0.3) is 0 Å². The van der Waals surface area contributed by atoms with Crippen LogP contribution in [0.2, 0.25) is 0 Å². The zero-order chi connectivity index (χ0) is 31.7. The molecule has 4 saturated heterocycles.